The predicted molar refractivity (Wildman–Crippen MR) is 95.4 cm³/mol. The molecule has 1 aromatic carbocycles. The molecule has 2 fully saturated rings. The molecule has 0 bridgehead atoms. The van der Waals surface area contributed by atoms with Crippen LogP contribution in [0, 0.1) is 18.8 Å². The molecule has 1 aromatic heterocycles. The lowest BCUT2D eigenvalue weighted by atomic mass is 9.67. The molecule has 0 radical (unpaired) electrons. The Morgan fingerprint density at radius 1 is 1.21 bits per heavy atom. The number of rotatable bonds is 3. The van der Waals surface area contributed by atoms with Crippen molar-refractivity contribution in [2.24, 2.45) is 11.8 Å². The molecule has 1 N–H and O–H groups in total. The van der Waals surface area contributed by atoms with Gasteiger partial charge in [0.05, 0.1) is 5.60 Å². The fourth-order valence-electron chi connectivity index (χ4n) is 4.76. The van der Waals surface area contributed by atoms with Crippen molar-refractivity contribution in [3.8, 4) is 0 Å². The zero-order chi connectivity index (χ0) is 16.6. The SMILES string of the molecule is Cc1cccc([C@]2(O)CCC[C@@H]3CN(Cc4ccncc4)C[C@H]32)c1. The summed E-state index contributed by atoms with van der Waals surface area (Å²) in [4.78, 5) is 6.62. The van der Waals surface area contributed by atoms with Gasteiger partial charge in [-0.15, -0.1) is 0 Å². The van der Waals surface area contributed by atoms with Crippen molar-refractivity contribution < 1.29 is 5.11 Å². The molecule has 3 atom stereocenters. The van der Waals surface area contributed by atoms with E-state index in [2.05, 4.69) is 53.2 Å². The Morgan fingerprint density at radius 3 is 2.83 bits per heavy atom. The summed E-state index contributed by atoms with van der Waals surface area (Å²) in [7, 11) is 0. The molecule has 3 nitrogen and oxygen atoms in total. The van der Waals surface area contributed by atoms with Crippen LogP contribution in [-0.4, -0.2) is 28.1 Å². The van der Waals surface area contributed by atoms with E-state index in [1.807, 2.05) is 12.4 Å². The summed E-state index contributed by atoms with van der Waals surface area (Å²) in [5.74, 6) is 0.945. The summed E-state index contributed by atoms with van der Waals surface area (Å²) in [6.07, 6.45) is 6.98. The molecule has 0 amide bonds. The van der Waals surface area contributed by atoms with Crippen LogP contribution in [0.2, 0.25) is 0 Å². The summed E-state index contributed by atoms with van der Waals surface area (Å²) in [6.45, 7) is 5.15. The fourth-order valence-corrected chi connectivity index (χ4v) is 4.76. The second kappa shape index (κ2) is 6.30. The van der Waals surface area contributed by atoms with Crippen LogP contribution >= 0.6 is 0 Å². The quantitative estimate of drug-likeness (QED) is 0.939. The number of hydrogen-bond donors (Lipinski definition) is 1. The van der Waals surface area contributed by atoms with Crippen LogP contribution in [0.4, 0.5) is 0 Å². The molecule has 2 aromatic rings. The van der Waals surface area contributed by atoms with Gasteiger partial charge in [-0.1, -0.05) is 29.8 Å². The van der Waals surface area contributed by atoms with Crippen molar-refractivity contribution in [3.63, 3.8) is 0 Å². The number of hydrogen-bond acceptors (Lipinski definition) is 3. The maximum absolute atomic E-state index is 11.6. The largest absolute Gasteiger partial charge is 0.385 e. The van der Waals surface area contributed by atoms with Crippen molar-refractivity contribution >= 4 is 0 Å². The first-order valence-electron chi connectivity index (χ1n) is 9.06. The predicted octanol–water partition coefficient (Wildman–Crippen LogP) is 3.51. The van der Waals surface area contributed by atoms with E-state index in [4.69, 9.17) is 0 Å². The molecular formula is C21H26N2O. The number of benzene rings is 1. The van der Waals surface area contributed by atoms with Crippen molar-refractivity contribution in [2.45, 2.75) is 38.3 Å². The van der Waals surface area contributed by atoms with Crippen LogP contribution < -0.4 is 0 Å². The lowest BCUT2D eigenvalue weighted by molar-refractivity contribution is -0.0648. The third kappa shape index (κ3) is 2.87. The Morgan fingerprint density at radius 2 is 2.04 bits per heavy atom. The summed E-state index contributed by atoms with van der Waals surface area (Å²) < 4.78 is 0. The molecule has 24 heavy (non-hydrogen) atoms. The first-order chi connectivity index (χ1) is 11.6. The van der Waals surface area contributed by atoms with Gasteiger partial charge in [0.1, 0.15) is 0 Å². The summed E-state index contributed by atoms with van der Waals surface area (Å²) in [6, 6.07) is 12.7. The molecular weight excluding hydrogens is 296 g/mol. The standard InChI is InChI=1S/C21H26N2O/c1-16-4-2-6-19(12-16)21(24)9-3-5-18-14-23(15-20(18)21)13-17-7-10-22-11-8-17/h2,4,6-8,10-12,18,20,24H,3,5,9,13-15H2,1H3/t18-,20-,21-/m1/s1. The Kier molecular flexibility index (Phi) is 4.15. The minimum absolute atomic E-state index is 0.342. The molecule has 0 spiro atoms. The molecule has 3 heteroatoms. The van der Waals surface area contributed by atoms with Gasteiger partial charge in [0.15, 0.2) is 0 Å². The summed E-state index contributed by atoms with van der Waals surface area (Å²) in [5.41, 5.74) is 2.99. The maximum atomic E-state index is 11.6. The zero-order valence-electron chi connectivity index (χ0n) is 14.4. The number of aromatic nitrogens is 1. The van der Waals surface area contributed by atoms with Gasteiger partial charge in [0.25, 0.3) is 0 Å². The maximum Gasteiger partial charge on any atom is 0.0940 e. The van der Waals surface area contributed by atoms with E-state index in [0.717, 1.165) is 38.0 Å². The first kappa shape index (κ1) is 15.8. The Bertz CT molecular complexity index is 702. The van der Waals surface area contributed by atoms with Crippen LogP contribution in [0.15, 0.2) is 48.8 Å². The van der Waals surface area contributed by atoms with Crippen LogP contribution in [0.3, 0.4) is 0 Å². The van der Waals surface area contributed by atoms with Crippen LogP contribution in [0.1, 0.15) is 36.0 Å². The van der Waals surface area contributed by atoms with E-state index in [0.29, 0.717) is 11.8 Å². The molecule has 2 heterocycles. The Labute approximate surface area is 144 Å². The topological polar surface area (TPSA) is 36.4 Å². The van der Waals surface area contributed by atoms with E-state index < -0.39 is 5.60 Å². The van der Waals surface area contributed by atoms with E-state index in [-0.39, 0.29) is 0 Å². The van der Waals surface area contributed by atoms with Gasteiger partial charge in [-0.2, -0.15) is 0 Å². The number of likely N-dealkylation sites (tertiary alicyclic amines) is 1. The molecule has 1 saturated heterocycles. The highest BCUT2D eigenvalue weighted by molar-refractivity contribution is 5.29. The molecule has 126 valence electrons. The summed E-state index contributed by atoms with van der Waals surface area (Å²) in [5, 5.41) is 11.6. The van der Waals surface area contributed by atoms with Crippen molar-refractivity contribution in [3.05, 3.63) is 65.5 Å². The zero-order valence-corrected chi connectivity index (χ0v) is 14.4. The molecule has 2 aliphatic rings. The van der Waals surface area contributed by atoms with Gasteiger partial charge in [-0.05, 0) is 55.4 Å². The average molecular weight is 322 g/mol. The molecule has 1 aliphatic carbocycles. The monoisotopic (exact) mass is 322 g/mol. The number of nitrogens with zero attached hydrogens (tertiary/aromatic N) is 2. The second-order valence-corrected chi connectivity index (χ2v) is 7.60. The van der Waals surface area contributed by atoms with Gasteiger partial charge >= 0.3 is 0 Å². The fraction of sp³-hybridized carbons (Fsp3) is 0.476. The number of pyridine rings is 1. The average Bonchev–Trinajstić information content (AvgIpc) is 3.00. The highest BCUT2D eigenvalue weighted by Crippen LogP contribution is 2.48. The van der Waals surface area contributed by atoms with Gasteiger partial charge in [0, 0.05) is 37.9 Å². The lowest BCUT2D eigenvalue weighted by Crippen LogP contribution is -2.42. The van der Waals surface area contributed by atoms with Gasteiger partial charge in [0.2, 0.25) is 0 Å². The summed E-state index contributed by atoms with van der Waals surface area (Å²) >= 11 is 0. The number of fused-ring (bicyclic) bond motifs is 1. The Hall–Kier alpha value is -1.71. The number of aryl methyl sites for hydroxylation is 1. The Balaban J connectivity index is 1.56. The minimum atomic E-state index is -0.665. The van der Waals surface area contributed by atoms with Crippen LogP contribution in [0.5, 0.6) is 0 Å². The van der Waals surface area contributed by atoms with Gasteiger partial charge in [-0.3, -0.25) is 9.88 Å². The van der Waals surface area contributed by atoms with E-state index in [1.54, 1.807) is 0 Å². The number of aliphatic hydroxyl groups is 1. The third-order valence-corrected chi connectivity index (χ3v) is 5.94. The highest BCUT2D eigenvalue weighted by atomic mass is 16.3. The van der Waals surface area contributed by atoms with E-state index >= 15 is 0 Å². The normalized spacial score (nSPS) is 30.2. The van der Waals surface area contributed by atoms with Crippen LogP contribution in [-0.2, 0) is 12.1 Å². The van der Waals surface area contributed by atoms with Crippen molar-refractivity contribution in [2.75, 3.05) is 13.1 Å². The minimum Gasteiger partial charge on any atom is -0.385 e. The molecule has 4 rings (SSSR count). The van der Waals surface area contributed by atoms with Crippen molar-refractivity contribution in [1.29, 1.82) is 0 Å². The van der Waals surface area contributed by atoms with E-state index in [9.17, 15) is 5.11 Å². The van der Waals surface area contributed by atoms with Gasteiger partial charge < -0.3 is 5.11 Å². The smallest absolute Gasteiger partial charge is 0.0940 e. The van der Waals surface area contributed by atoms with Gasteiger partial charge in [-0.25, -0.2) is 0 Å². The van der Waals surface area contributed by atoms with E-state index in [1.165, 1.54) is 17.5 Å². The van der Waals surface area contributed by atoms with Crippen LogP contribution in [0.25, 0.3) is 0 Å². The molecule has 1 aliphatic heterocycles. The lowest BCUT2D eigenvalue weighted by Gasteiger charge is -2.41. The molecule has 0 unspecified atom stereocenters. The first-order valence-corrected chi connectivity index (χ1v) is 9.06. The second-order valence-electron chi connectivity index (χ2n) is 7.60. The third-order valence-electron chi connectivity index (χ3n) is 5.94. The van der Waals surface area contributed by atoms with Crippen molar-refractivity contribution in [1.82, 2.24) is 9.88 Å². The highest BCUT2D eigenvalue weighted by Gasteiger charge is 2.49. The molecule has 1 saturated carbocycles.